The highest BCUT2D eigenvalue weighted by Crippen LogP contribution is 2.53. The summed E-state index contributed by atoms with van der Waals surface area (Å²) in [4.78, 5) is 2.78. The van der Waals surface area contributed by atoms with Crippen LogP contribution in [0.2, 0.25) is 0 Å². The van der Waals surface area contributed by atoms with Gasteiger partial charge in [0.25, 0.3) is 0 Å². The lowest BCUT2D eigenvalue weighted by Gasteiger charge is -2.57. The molecular formula is C19H27N. The first-order chi connectivity index (χ1) is 9.79. The molecule has 5 atom stereocenters. The first kappa shape index (κ1) is 12.9. The Bertz CT molecular complexity index is 494. The van der Waals surface area contributed by atoms with E-state index >= 15 is 0 Å². The van der Waals surface area contributed by atoms with Crippen LogP contribution in [0.3, 0.4) is 0 Å². The summed E-state index contributed by atoms with van der Waals surface area (Å²) in [6, 6.07) is 10.9. The zero-order valence-corrected chi connectivity index (χ0v) is 12.9. The SMILES string of the molecule is CCCC1C2CCC3c4ccccc4CC(C3C2)N1C. The van der Waals surface area contributed by atoms with Gasteiger partial charge < -0.3 is 0 Å². The predicted molar refractivity (Wildman–Crippen MR) is 84.0 cm³/mol. The summed E-state index contributed by atoms with van der Waals surface area (Å²) >= 11 is 0. The third-order valence-electron chi connectivity index (χ3n) is 6.49. The lowest BCUT2D eigenvalue weighted by molar-refractivity contribution is -0.0298. The Morgan fingerprint density at radius 3 is 2.90 bits per heavy atom. The van der Waals surface area contributed by atoms with Crippen molar-refractivity contribution in [3.63, 3.8) is 0 Å². The number of benzene rings is 1. The lowest BCUT2D eigenvalue weighted by atomic mass is 9.58. The van der Waals surface area contributed by atoms with Gasteiger partial charge in [-0.1, -0.05) is 37.6 Å². The second-order valence-corrected chi connectivity index (χ2v) is 7.34. The van der Waals surface area contributed by atoms with Crippen LogP contribution >= 0.6 is 0 Å². The van der Waals surface area contributed by atoms with Crippen LogP contribution in [0.4, 0.5) is 0 Å². The van der Waals surface area contributed by atoms with E-state index in [1.807, 2.05) is 0 Å². The molecule has 1 heterocycles. The van der Waals surface area contributed by atoms with E-state index in [9.17, 15) is 0 Å². The Hall–Kier alpha value is -0.820. The number of nitrogens with zero attached hydrogens (tertiary/aromatic N) is 1. The van der Waals surface area contributed by atoms with Crippen LogP contribution in [-0.4, -0.2) is 24.0 Å². The van der Waals surface area contributed by atoms with Crippen molar-refractivity contribution in [2.75, 3.05) is 7.05 Å². The minimum Gasteiger partial charge on any atom is -0.300 e. The molecule has 1 aliphatic heterocycles. The summed E-state index contributed by atoms with van der Waals surface area (Å²) in [5, 5.41) is 0. The molecule has 1 heteroatoms. The van der Waals surface area contributed by atoms with E-state index < -0.39 is 0 Å². The first-order valence-corrected chi connectivity index (χ1v) is 8.59. The summed E-state index contributed by atoms with van der Waals surface area (Å²) in [6.45, 7) is 2.35. The molecule has 20 heavy (non-hydrogen) atoms. The normalized spacial score (nSPS) is 39.4. The van der Waals surface area contributed by atoms with E-state index in [1.165, 1.54) is 38.5 Å². The van der Waals surface area contributed by atoms with Gasteiger partial charge in [0, 0.05) is 12.1 Å². The maximum Gasteiger partial charge on any atom is 0.0170 e. The van der Waals surface area contributed by atoms with Crippen LogP contribution in [0.5, 0.6) is 0 Å². The Kier molecular flexibility index (Phi) is 3.14. The predicted octanol–water partition coefficient (Wildman–Crippen LogP) is 4.23. The van der Waals surface area contributed by atoms with Crippen molar-refractivity contribution in [2.24, 2.45) is 11.8 Å². The Labute approximate surface area is 123 Å². The molecule has 2 aliphatic carbocycles. The van der Waals surface area contributed by atoms with Gasteiger partial charge in [-0.3, -0.25) is 4.90 Å². The van der Waals surface area contributed by atoms with Crippen molar-refractivity contribution in [2.45, 2.75) is 63.5 Å². The van der Waals surface area contributed by atoms with Gasteiger partial charge >= 0.3 is 0 Å². The minimum atomic E-state index is 0.808. The average molecular weight is 269 g/mol. The number of rotatable bonds is 2. The molecule has 0 aromatic heterocycles. The molecule has 0 N–H and O–H groups in total. The topological polar surface area (TPSA) is 3.24 Å². The summed E-state index contributed by atoms with van der Waals surface area (Å²) in [6.07, 6.45) is 8.42. The Morgan fingerprint density at radius 2 is 2.05 bits per heavy atom. The third-order valence-corrected chi connectivity index (χ3v) is 6.49. The van der Waals surface area contributed by atoms with Crippen molar-refractivity contribution in [3.8, 4) is 0 Å². The molecule has 1 nitrogen and oxygen atoms in total. The van der Waals surface area contributed by atoms with Crippen molar-refractivity contribution in [1.29, 1.82) is 0 Å². The van der Waals surface area contributed by atoms with Gasteiger partial charge in [0.15, 0.2) is 0 Å². The van der Waals surface area contributed by atoms with Crippen LogP contribution in [0, 0.1) is 11.8 Å². The third kappa shape index (κ3) is 1.79. The smallest absolute Gasteiger partial charge is 0.0170 e. The fourth-order valence-corrected chi connectivity index (χ4v) is 5.62. The first-order valence-electron chi connectivity index (χ1n) is 8.59. The number of likely N-dealkylation sites (N-methyl/N-ethyl adjacent to an activating group) is 1. The molecule has 1 aromatic rings. The minimum absolute atomic E-state index is 0.808. The molecule has 3 aliphatic rings. The van der Waals surface area contributed by atoms with E-state index in [1.54, 1.807) is 11.1 Å². The lowest BCUT2D eigenvalue weighted by Crippen LogP contribution is -2.58. The average Bonchev–Trinajstić information content (AvgIpc) is 2.50. The van der Waals surface area contributed by atoms with Crippen molar-refractivity contribution in [3.05, 3.63) is 35.4 Å². The van der Waals surface area contributed by atoms with Crippen LogP contribution in [-0.2, 0) is 6.42 Å². The molecule has 5 unspecified atom stereocenters. The molecule has 0 spiro atoms. The van der Waals surface area contributed by atoms with E-state index in [4.69, 9.17) is 0 Å². The molecule has 108 valence electrons. The zero-order valence-electron chi connectivity index (χ0n) is 12.9. The van der Waals surface area contributed by atoms with Crippen LogP contribution < -0.4 is 0 Å². The highest BCUT2D eigenvalue weighted by atomic mass is 15.2. The standard InChI is InChI=1S/C19H27N/c1-3-6-18-14-9-10-16-15-8-5-4-7-13(15)12-19(20(18)2)17(16)11-14/h4-5,7-8,14,16-19H,3,6,9-12H2,1-2H3. The molecule has 2 bridgehead atoms. The number of piperidine rings is 1. The van der Waals surface area contributed by atoms with Crippen molar-refractivity contribution >= 4 is 0 Å². The second-order valence-electron chi connectivity index (χ2n) is 7.34. The van der Waals surface area contributed by atoms with Crippen LogP contribution in [0.25, 0.3) is 0 Å². The number of hydrogen-bond donors (Lipinski definition) is 0. The molecule has 1 saturated heterocycles. The molecule has 2 fully saturated rings. The maximum atomic E-state index is 2.78. The quantitative estimate of drug-likeness (QED) is 0.777. The van der Waals surface area contributed by atoms with Gasteiger partial charge in [-0.15, -0.1) is 0 Å². The Balaban J connectivity index is 1.72. The summed E-state index contributed by atoms with van der Waals surface area (Å²) in [7, 11) is 2.42. The van der Waals surface area contributed by atoms with Gasteiger partial charge in [-0.25, -0.2) is 0 Å². The van der Waals surface area contributed by atoms with Gasteiger partial charge in [0.05, 0.1) is 0 Å². The second kappa shape index (κ2) is 4.87. The number of likely N-dealkylation sites (tertiary alicyclic amines) is 1. The molecular weight excluding hydrogens is 242 g/mol. The van der Waals surface area contributed by atoms with E-state index in [-0.39, 0.29) is 0 Å². The highest BCUT2D eigenvalue weighted by molar-refractivity contribution is 5.36. The van der Waals surface area contributed by atoms with Crippen LogP contribution in [0.15, 0.2) is 24.3 Å². The van der Waals surface area contributed by atoms with Crippen molar-refractivity contribution in [1.82, 2.24) is 4.90 Å². The number of fused-ring (bicyclic) bond motifs is 3. The van der Waals surface area contributed by atoms with Crippen molar-refractivity contribution < 1.29 is 0 Å². The zero-order chi connectivity index (χ0) is 13.7. The largest absolute Gasteiger partial charge is 0.300 e. The fraction of sp³-hybridized carbons (Fsp3) is 0.684. The highest BCUT2D eigenvalue weighted by Gasteiger charge is 2.49. The molecule has 0 radical (unpaired) electrons. The van der Waals surface area contributed by atoms with Gasteiger partial charge in [-0.05, 0) is 68.0 Å². The van der Waals surface area contributed by atoms with E-state index in [0.29, 0.717) is 0 Å². The number of hydrogen-bond acceptors (Lipinski definition) is 1. The molecule has 1 aromatic carbocycles. The van der Waals surface area contributed by atoms with Gasteiger partial charge in [-0.2, -0.15) is 0 Å². The fourth-order valence-electron chi connectivity index (χ4n) is 5.62. The van der Waals surface area contributed by atoms with E-state index in [2.05, 4.69) is 43.1 Å². The molecule has 0 amide bonds. The molecule has 1 saturated carbocycles. The summed E-state index contributed by atoms with van der Waals surface area (Å²) < 4.78 is 0. The van der Waals surface area contributed by atoms with Crippen LogP contribution in [0.1, 0.15) is 56.1 Å². The van der Waals surface area contributed by atoms with Gasteiger partial charge in [0.2, 0.25) is 0 Å². The Morgan fingerprint density at radius 1 is 1.20 bits per heavy atom. The van der Waals surface area contributed by atoms with E-state index in [0.717, 1.165) is 29.8 Å². The monoisotopic (exact) mass is 269 g/mol. The molecule has 4 rings (SSSR count). The summed E-state index contributed by atoms with van der Waals surface area (Å²) in [5.41, 5.74) is 3.33. The maximum absolute atomic E-state index is 2.78. The summed E-state index contributed by atoms with van der Waals surface area (Å²) in [5.74, 6) is 2.76. The van der Waals surface area contributed by atoms with Gasteiger partial charge in [0.1, 0.15) is 0 Å².